The molecule has 0 aliphatic carbocycles. The fourth-order valence-corrected chi connectivity index (χ4v) is 3.00. The monoisotopic (exact) mass is 287 g/mol. The summed E-state index contributed by atoms with van der Waals surface area (Å²) >= 11 is 1.53. The standard InChI is InChI=1S/C12H25N5OS/c1-9-3-4-11(15-7-9)13-5-2-6-14-12(18)10-8-19-17-16-10/h9-11,13,15-17H,2-8H2,1H3,(H,14,18). The molecule has 2 heterocycles. The lowest BCUT2D eigenvalue weighted by Gasteiger charge is -2.28. The largest absolute Gasteiger partial charge is 0.355 e. The van der Waals surface area contributed by atoms with E-state index in [0.29, 0.717) is 6.17 Å². The van der Waals surface area contributed by atoms with Crippen LogP contribution in [-0.4, -0.2) is 43.5 Å². The normalized spacial score (nSPS) is 31.3. The molecule has 3 unspecified atom stereocenters. The van der Waals surface area contributed by atoms with Crippen LogP contribution in [0.25, 0.3) is 0 Å². The zero-order valence-corrected chi connectivity index (χ0v) is 12.3. The molecule has 7 heteroatoms. The Morgan fingerprint density at radius 3 is 2.95 bits per heavy atom. The summed E-state index contributed by atoms with van der Waals surface area (Å²) in [6.45, 7) is 5.06. The second kappa shape index (κ2) is 8.06. The summed E-state index contributed by atoms with van der Waals surface area (Å²) in [4.78, 5) is 14.6. The molecule has 0 bridgehead atoms. The summed E-state index contributed by atoms with van der Waals surface area (Å²) in [5.74, 6) is 1.67. The third-order valence-electron chi connectivity index (χ3n) is 3.58. The van der Waals surface area contributed by atoms with E-state index in [1.807, 2.05) is 0 Å². The SMILES string of the molecule is CC1CCC(NCCCNC(=O)C2CSNN2)NC1. The highest BCUT2D eigenvalue weighted by Gasteiger charge is 2.22. The van der Waals surface area contributed by atoms with Gasteiger partial charge in [0, 0.05) is 12.3 Å². The second-order valence-corrected chi connectivity index (χ2v) is 6.18. The topological polar surface area (TPSA) is 77.2 Å². The van der Waals surface area contributed by atoms with Gasteiger partial charge in [0.1, 0.15) is 6.04 Å². The van der Waals surface area contributed by atoms with E-state index in [-0.39, 0.29) is 11.9 Å². The summed E-state index contributed by atoms with van der Waals surface area (Å²) in [6, 6.07) is -0.0977. The van der Waals surface area contributed by atoms with Gasteiger partial charge in [-0.25, -0.2) is 10.3 Å². The Morgan fingerprint density at radius 2 is 2.26 bits per heavy atom. The van der Waals surface area contributed by atoms with Crippen molar-refractivity contribution in [3.05, 3.63) is 0 Å². The Kier molecular flexibility index (Phi) is 6.39. The number of amides is 1. The van der Waals surface area contributed by atoms with Gasteiger partial charge in [-0.15, -0.1) is 0 Å². The molecule has 110 valence electrons. The molecule has 6 nitrogen and oxygen atoms in total. The highest BCUT2D eigenvalue weighted by Crippen LogP contribution is 2.11. The van der Waals surface area contributed by atoms with Gasteiger partial charge in [0.15, 0.2) is 0 Å². The van der Waals surface area contributed by atoms with Crippen molar-refractivity contribution >= 4 is 17.9 Å². The molecule has 0 saturated carbocycles. The van der Waals surface area contributed by atoms with Crippen molar-refractivity contribution in [1.82, 2.24) is 26.2 Å². The molecule has 0 aromatic heterocycles. The van der Waals surface area contributed by atoms with E-state index < -0.39 is 0 Å². The first kappa shape index (κ1) is 15.1. The number of carbonyl (C=O) groups is 1. The molecule has 0 radical (unpaired) electrons. The predicted octanol–water partition coefficient (Wildman–Crippen LogP) is -0.447. The predicted molar refractivity (Wildman–Crippen MR) is 78.3 cm³/mol. The number of hydrogen-bond acceptors (Lipinski definition) is 6. The first-order chi connectivity index (χ1) is 9.25. The smallest absolute Gasteiger partial charge is 0.239 e. The zero-order chi connectivity index (χ0) is 13.5. The molecule has 0 spiro atoms. The van der Waals surface area contributed by atoms with E-state index in [0.717, 1.165) is 37.7 Å². The summed E-state index contributed by atoms with van der Waals surface area (Å²) < 4.78 is 0. The molecule has 3 atom stereocenters. The summed E-state index contributed by atoms with van der Waals surface area (Å²) in [5.41, 5.74) is 2.93. The van der Waals surface area contributed by atoms with Crippen LogP contribution in [0.5, 0.6) is 0 Å². The highest BCUT2D eigenvalue weighted by atomic mass is 32.2. The van der Waals surface area contributed by atoms with Crippen molar-refractivity contribution in [2.45, 2.75) is 38.4 Å². The minimum atomic E-state index is -0.0977. The van der Waals surface area contributed by atoms with Crippen LogP contribution in [0.1, 0.15) is 26.2 Å². The van der Waals surface area contributed by atoms with Gasteiger partial charge in [-0.2, -0.15) is 0 Å². The third-order valence-corrected chi connectivity index (χ3v) is 4.34. The van der Waals surface area contributed by atoms with Gasteiger partial charge in [0.25, 0.3) is 0 Å². The Morgan fingerprint density at radius 1 is 1.37 bits per heavy atom. The summed E-state index contributed by atoms with van der Waals surface area (Å²) in [6.07, 6.45) is 3.90. The molecular weight excluding hydrogens is 262 g/mol. The van der Waals surface area contributed by atoms with Crippen LogP contribution in [-0.2, 0) is 4.79 Å². The number of hydrazine groups is 1. The van der Waals surface area contributed by atoms with E-state index >= 15 is 0 Å². The molecule has 2 aliphatic heterocycles. The van der Waals surface area contributed by atoms with Gasteiger partial charge >= 0.3 is 0 Å². The van der Waals surface area contributed by atoms with Crippen molar-refractivity contribution in [2.75, 3.05) is 25.4 Å². The average molecular weight is 287 g/mol. The van der Waals surface area contributed by atoms with E-state index in [9.17, 15) is 4.79 Å². The molecule has 2 rings (SSSR count). The number of rotatable bonds is 6. The van der Waals surface area contributed by atoms with Crippen molar-refractivity contribution in [1.29, 1.82) is 0 Å². The fourth-order valence-electron chi connectivity index (χ4n) is 2.29. The molecule has 2 saturated heterocycles. The first-order valence-corrected chi connectivity index (χ1v) is 8.11. The minimum absolute atomic E-state index is 0.0853. The molecule has 0 aromatic rings. The van der Waals surface area contributed by atoms with Gasteiger partial charge < -0.3 is 16.0 Å². The Labute approximate surface area is 119 Å². The lowest BCUT2D eigenvalue weighted by molar-refractivity contribution is -0.122. The number of piperidine rings is 1. The van der Waals surface area contributed by atoms with Crippen molar-refractivity contribution in [3.63, 3.8) is 0 Å². The van der Waals surface area contributed by atoms with Gasteiger partial charge in [0.05, 0.1) is 6.17 Å². The van der Waals surface area contributed by atoms with Crippen LogP contribution in [0.3, 0.4) is 0 Å². The van der Waals surface area contributed by atoms with Crippen LogP contribution in [0.4, 0.5) is 0 Å². The van der Waals surface area contributed by atoms with Gasteiger partial charge in [-0.3, -0.25) is 4.79 Å². The van der Waals surface area contributed by atoms with Crippen LogP contribution in [0, 0.1) is 5.92 Å². The molecule has 2 fully saturated rings. The molecular formula is C12H25N5OS. The molecule has 2 aliphatic rings. The number of carbonyl (C=O) groups excluding carboxylic acids is 1. The molecule has 5 N–H and O–H groups in total. The van der Waals surface area contributed by atoms with Crippen LogP contribution < -0.4 is 26.2 Å². The lowest BCUT2D eigenvalue weighted by Crippen LogP contribution is -2.48. The van der Waals surface area contributed by atoms with Crippen LogP contribution in [0.15, 0.2) is 0 Å². The van der Waals surface area contributed by atoms with Gasteiger partial charge in [-0.1, -0.05) is 18.9 Å². The maximum Gasteiger partial charge on any atom is 0.239 e. The van der Waals surface area contributed by atoms with Crippen LogP contribution in [0.2, 0.25) is 0 Å². The average Bonchev–Trinajstić information content (AvgIpc) is 2.94. The van der Waals surface area contributed by atoms with E-state index in [1.165, 1.54) is 24.8 Å². The maximum atomic E-state index is 11.7. The molecule has 0 aromatic carbocycles. The quantitative estimate of drug-likeness (QED) is 0.337. The zero-order valence-electron chi connectivity index (χ0n) is 11.5. The van der Waals surface area contributed by atoms with Crippen molar-refractivity contribution < 1.29 is 4.79 Å². The Balaban J connectivity index is 1.46. The lowest BCUT2D eigenvalue weighted by atomic mass is 10.00. The number of hydrogen-bond donors (Lipinski definition) is 5. The Hall–Kier alpha value is -0.340. The summed E-state index contributed by atoms with van der Waals surface area (Å²) in [7, 11) is 0. The third kappa shape index (κ3) is 5.27. The Bertz CT molecular complexity index is 277. The van der Waals surface area contributed by atoms with E-state index in [2.05, 4.69) is 33.1 Å². The van der Waals surface area contributed by atoms with E-state index in [1.54, 1.807) is 0 Å². The van der Waals surface area contributed by atoms with E-state index in [4.69, 9.17) is 0 Å². The minimum Gasteiger partial charge on any atom is -0.355 e. The first-order valence-electron chi connectivity index (χ1n) is 7.12. The van der Waals surface area contributed by atoms with Gasteiger partial charge in [-0.05, 0) is 38.3 Å². The van der Waals surface area contributed by atoms with Crippen molar-refractivity contribution in [3.8, 4) is 0 Å². The van der Waals surface area contributed by atoms with Crippen LogP contribution >= 0.6 is 11.9 Å². The second-order valence-electron chi connectivity index (χ2n) is 5.35. The summed E-state index contributed by atoms with van der Waals surface area (Å²) in [5, 5.41) is 9.94. The van der Waals surface area contributed by atoms with Crippen molar-refractivity contribution in [2.24, 2.45) is 5.92 Å². The fraction of sp³-hybridized carbons (Fsp3) is 0.917. The molecule has 1 amide bonds. The number of nitrogens with one attached hydrogen (secondary N) is 5. The highest BCUT2D eigenvalue weighted by molar-refractivity contribution is 7.97. The van der Waals surface area contributed by atoms with Gasteiger partial charge in [0.2, 0.25) is 5.91 Å². The molecule has 19 heavy (non-hydrogen) atoms. The maximum absolute atomic E-state index is 11.7.